The molecule has 0 N–H and O–H groups in total. The summed E-state index contributed by atoms with van der Waals surface area (Å²) in [6.07, 6.45) is 1.77. The van der Waals surface area contributed by atoms with E-state index < -0.39 is 10.0 Å². The molecule has 0 saturated carbocycles. The Morgan fingerprint density at radius 1 is 0.775 bits per heavy atom. The molecule has 4 aromatic carbocycles. The average Bonchev–Trinajstić information content (AvgIpc) is 3.35. The van der Waals surface area contributed by atoms with Crippen LogP contribution in [-0.2, 0) is 10.0 Å². The molecule has 1 aromatic heterocycles. The molecule has 8 heteroatoms. The van der Waals surface area contributed by atoms with Crippen LogP contribution in [0.3, 0.4) is 0 Å². The van der Waals surface area contributed by atoms with Gasteiger partial charge in [0.1, 0.15) is 18.1 Å². The molecule has 0 aliphatic rings. The molecule has 0 saturated heterocycles. The van der Waals surface area contributed by atoms with E-state index in [9.17, 15) is 8.42 Å². The van der Waals surface area contributed by atoms with Gasteiger partial charge in [-0.25, -0.2) is 12.4 Å². The molecule has 0 bridgehead atoms. The second-order valence-corrected chi connectivity index (χ2v) is 11.5. The summed E-state index contributed by atoms with van der Waals surface area (Å²) >= 11 is 0. The minimum Gasteiger partial charge on any atom is -0.497 e. The van der Waals surface area contributed by atoms with Gasteiger partial charge in [0.2, 0.25) is 0 Å². The number of hydrogen-bond acceptors (Lipinski definition) is 5. The summed E-state index contributed by atoms with van der Waals surface area (Å²) in [6.45, 7) is 1.42. The minimum atomic E-state index is -3.80. The zero-order valence-electron chi connectivity index (χ0n) is 22.7. The summed E-state index contributed by atoms with van der Waals surface area (Å²) in [7, 11) is 1.87. The highest BCUT2D eigenvalue weighted by Gasteiger charge is 2.26. The lowest BCUT2D eigenvalue weighted by Crippen LogP contribution is -2.19. The van der Waals surface area contributed by atoms with E-state index in [1.54, 1.807) is 37.6 Å². The molecule has 208 valence electrons. The lowest BCUT2D eigenvalue weighted by molar-refractivity contribution is 0.261. The number of hydrogen-bond donors (Lipinski definition) is 0. The molecule has 0 radical (unpaired) electrons. The predicted molar refractivity (Wildman–Crippen MR) is 163 cm³/mol. The Bertz CT molecular complexity index is 1650. The maximum Gasteiger partial charge on any atom is 0.268 e. The molecule has 0 amide bonds. The van der Waals surface area contributed by atoms with Crippen LogP contribution in [0.5, 0.6) is 11.5 Å². The van der Waals surface area contributed by atoms with Crippen LogP contribution < -0.4 is 9.47 Å². The van der Waals surface area contributed by atoms with Gasteiger partial charge in [-0.15, -0.1) is 12.4 Å². The van der Waals surface area contributed by atoms with Gasteiger partial charge in [-0.05, 0) is 73.3 Å². The maximum atomic E-state index is 13.8. The fourth-order valence-electron chi connectivity index (χ4n) is 4.76. The van der Waals surface area contributed by atoms with E-state index in [1.165, 1.54) is 3.97 Å². The summed E-state index contributed by atoms with van der Waals surface area (Å²) < 4.78 is 40.2. The largest absolute Gasteiger partial charge is 0.497 e. The minimum absolute atomic E-state index is 0. The second-order valence-electron chi connectivity index (χ2n) is 9.64. The standard InChI is InChI=1S/C32H32N2O4S.ClH/c1-33(2)21-22-38-27-19-15-25(16-20-27)32(24-13-17-26(37-3)18-14-24)30-23-34(31-12-8-7-11-29(30)31)39(35,36)28-9-5-4-6-10-28;/h4-20,23,32H,21-22H2,1-3H3;1H. The van der Waals surface area contributed by atoms with Gasteiger partial charge >= 0.3 is 0 Å². The number of fused-ring (bicyclic) bond motifs is 1. The van der Waals surface area contributed by atoms with Gasteiger partial charge in [-0.2, -0.15) is 0 Å². The van der Waals surface area contributed by atoms with Crippen molar-refractivity contribution in [2.45, 2.75) is 10.8 Å². The van der Waals surface area contributed by atoms with Crippen molar-refractivity contribution >= 4 is 33.3 Å². The molecule has 1 unspecified atom stereocenters. The maximum absolute atomic E-state index is 13.8. The van der Waals surface area contributed by atoms with Crippen LogP contribution in [-0.4, -0.2) is 51.6 Å². The Hall–Kier alpha value is -3.78. The smallest absolute Gasteiger partial charge is 0.268 e. The highest BCUT2D eigenvalue weighted by Crippen LogP contribution is 2.39. The molecular formula is C32H33ClN2O4S. The summed E-state index contributed by atoms with van der Waals surface area (Å²) in [6, 6.07) is 32.2. The molecule has 5 rings (SSSR count). The van der Waals surface area contributed by atoms with Gasteiger partial charge in [-0.3, -0.25) is 0 Å². The van der Waals surface area contributed by atoms with Crippen LogP contribution in [0.4, 0.5) is 0 Å². The van der Waals surface area contributed by atoms with E-state index in [1.807, 2.05) is 80.8 Å². The monoisotopic (exact) mass is 576 g/mol. The molecule has 40 heavy (non-hydrogen) atoms. The molecule has 0 aliphatic heterocycles. The molecular weight excluding hydrogens is 544 g/mol. The van der Waals surface area contributed by atoms with Crippen LogP contribution in [0.25, 0.3) is 10.9 Å². The number of ether oxygens (including phenoxy) is 2. The number of para-hydroxylation sites is 1. The van der Waals surface area contributed by atoms with Crippen molar-refractivity contribution in [2.75, 3.05) is 34.4 Å². The SMILES string of the molecule is COc1ccc(C(c2ccc(OCCN(C)C)cc2)c2cn(S(=O)(=O)c3ccccc3)c3ccccc23)cc1.Cl. The fraction of sp³-hybridized carbons (Fsp3) is 0.188. The third-order valence-electron chi connectivity index (χ3n) is 6.79. The number of methoxy groups -OCH3 is 1. The van der Waals surface area contributed by atoms with Crippen molar-refractivity contribution in [1.29, 1.82) is 0 Å². The lowest BCUT2D eigenvalue weighted by atomic mass is 9.85. The highest BCUT2D eigenvalue weighted by atomic mass is 35.5. The molecule has 0 fully saturated rings. The zero-order valence-corrected chi connectivity index (χ0v) is 24.4. The Morgan fingerprint density at radius 3 is 1.95 bits per heavy atom. The van der Waals surface area contributed by atoms with Crippen LogP contribution >= 0.6 is 12.4 Å². The molecule has 0 spiro atoms. The van der Waals surface area contributed by atoms with Crippen molar-refractivity contribution in [2.24, 2.45) is 0 Å². The molecule has 6 nitrogen and oxygen atoms in total. The third-order valence-corrected chi connectivity index (χ3v) is 8.48. The van der Waals surface area contributed by atoms with Crippen LogP contribution in [0.1, 0.15) is 22.6 Å². The van der Waals surface area contributed by atoms with Gasteiger partial charge in [0, 0.05) is 24.0 Å². The van der Waals surface area contributed by atoms with E-state index in [-0.39, 0.29) is 23.2 Å². The van der Waals surface area contributed by atoms with E-state index in [4.69, 9.17) is 9.47 Å². The fourth-order valence-corrected chi connectivity index (χ4v) is 6.16. The summed E-state index contributed by atoms with van der Waals surface area (Å²) in [5.74, 6) is 1.34. The van der Waals surface area contributed by atoms with Crippen molar-refractivity contribution in [3.05, 3.63) is 126 Å². The van der Waals surface area contributed by atoms with E-state index >= 15 is 0 Å². The van der Waals surface area contributed by atoms with E-state index in [0.29, 0.717) is 12.1 Å². The van der Waals surface area contributed by atoms with Crippen LogP contribution in [0.15, 0.2) is 114 Å². The highest BCUT2D eigenvalue weighted by molar-refractivity contribution is 7.90. The molecule has 1 heterocycles. The molecule has 1 atom stereocenters. The number of likely N-dealkylation sites (N-methyl/N-ethyl adjacent to an activating group) is 1. The van der Waals surface area contributed by atoms with Crippen molar-refractivity contribution < 1.29 is 17.9 Å². The quantitative estimate of drug-likeness (QED) is 0.192. The Morgan fingerprint density at radius 2 is 1.35 bits per heavy atom. The summed E-state index contributed by atoms with van der Waals surface area (Å²) in [5.41, 5.74) is 3.59. The van der Waals surface area contributed by atoms with Crippen molar-refractivity contribution in [1.82, 2.24) is 8.87 Å². The lowest BCUT2D eigenvalue weighted by Gasteiger charge is -2.19. The third kappa shape index (κ3) is 6.02. The van der Waals surface area contributed by atoms with E-state index in [2.05, 4.69) is 17.0 Å². The predicted octanol–water partition coefficient (Wildman–Crippen LogP) is 6.43. The zero-order chi connectivity index (χ0) is 27.4. The number of rotatable bonds is 10. The normalized spacial score (nSPS) is 12.2. The first-order valence-electron chi connectivity index (χ1n) is 12.8. The Labute approximate surface area is 242 Å². The summed E-state index contributed by atoms with van der Waals surface area (Å²) in [4.78, 5) is 2.32. The van der Waals surface area contributed by atoms with E-state index in [0.717, 1.165) is 40.1 Å². The van der Waals surface area contributed by atoms with Gasteiger partial charge in [0.05, 0.1) is 17.5 Å². The molecule has 0 aliphatic carbocycles. The van der Waals surface area contributed by atoms with Crippen LogP contribution in [0.2, 0.25) is 0 Å². The van der Waals surface area contributed by atoms with Gasteiger partial charge in [0.15, 0.2) is 0 Å². The van der Waals surface area contributed by atoms with Gasteiger partial charge in [-0.1, -0.05) is 60.7 Å². The van der Waals surface area contributed by atoms with Crippen LogP contribution in [0, 0.1) is 0 Å². The number of aromatic nitrogens is 1. The average molecular weight is 577 g/mol. The first kappa shape index (κ1) is 29.2. The topological polar surface area (TPSA) is 60.8 Å². The number of benzene rings is 4. The first-order valence-corrected chi connectivity index (χ1v) is 14.2. The van der Waals surface area contributed by atoms with Gasteiger partial charge < -0.3 is 14.4 Å². The first-order chi connectivity index (χ1) is 18.9. The number of halogens is 1. The van der Waals surface area contributed by atoms with Crippen molar-refractivity contribution in [3.8, 4) is 11.5 Å². The summed E-state index contributed by atoms with van der Waals surface area (Å²) in [5, 5.41) is 0.879. The molecule has 5 aromatic rings. The number of nitrogens with zero attached hydrogens (tertiary/aromatic N) is 2. The second kappa shape index (κ2) is 12.6. The van der Waals surface area contributed by atoms with Crippen molar-refractivity contribution in [3.63, 3.8) is 0 Å². The van der Waals surface area contributed by atoms with Gasteiger partial charge in [0.25, 0.3) is 10.0 Å². The Balaban J connectivity index is 0.00000370. The Kier molecular flexibility index (Phi) is 9.20.